The maximum atomic E-state index is 12.9. The zero-order chi connectivity index (χ0) is 43.6. The third-order valence-electron chi connectivity index (χ3n) is 10.5. The van der Waals surface area contributed by atoms with Gasteiger partial charge in [-0.05, 0) is 70.6 Å². The number of quaternary nitrogens is 1. The van der Waals surface area contributed by atoms with Gasteiger partial charge in [-0.25, -0.2) is 4.57 Å². The zero-order valence-electron chi connectivity index (χ0n) is 39.0. The lowest BCUT2D eigenvalue weighted by molar-refractivity contribution is -0.870. The Hall–Kier alpha value is -1.80. The fourth-order valence-corrected chi connectivity index (χ4v) is 7.33. The Bertz CT molecular complexity index is 1140. The second-order valence-corrected chi connectivity index (χ2v) is 18.9. The minimum Gasteiger partial charge on any atom is -0.387 e. The minimum absolute atomic E-state index is 0.0522. The van der Waals surface area contributed by atoms with Gasteiger partial charge in [-0.15, -0.1) is 0 Å². The highest BCUT2D eigenvalue weighted by molar-refractivity contribution is 7.47. The van der Waals surface area contributed by atoms with Gasteiger partial charge >= 0.3 is 7.82 Å². The highest BCUT2D eigenvalue weighted by atomic mass is 31.2. The number of nitrogens with one attached hydrogen (secondary N) is 1. The van der Waals surface area contributed by atoms with Crippen LogP contribution < -0.4 is 5.32 Å². The van der Waals surface area contributed by atoms with E-state index in [0.717, 1.165) is 57.8 Å². The fraction of sp³-hybridized carbons (Fsp3) is 0.780. The van der Waals surface area contributed by atoms with Crippen LogP contribution in [-0.2, 0) is 18.4 Å². The Kier molecular flexibility index (Phi) is 40.3. The van der Waals surface area contributed by atoms with E-state index < -0.39 is 20.0 Å². The van der Waals surface area contributed by atoms with Gasteiger partial charge in [0.2, 0.25) is 5.91 Å². The van der Waals surface area contributed by atoms with Crippen molar-refractivity contribution in [2.45, 2.75) is 212 Å². The number of carbonyl (C=O) groups is 1. The number of nitrogens with zero attached hydrogens (tertiary/aromatic N) is 1. The van der Waals surface area contributed by atoms with Gasteiger partial charge in [-0.1, -0.05) is 184 Å². The number of phosphoric ester groups is 1. The number of unbranched alkanes of at least 4 members (excludes halogenated alkanes) is 22. The molecule has 3 unspecified atom stereocenters. The number of hydrogen-bond acceptors (Lipinski definition) is 5. The Labute approximate surface area is 364 Å². The number of aliphatic hydroxyl groups is 1. The predicted octanol–water partition coefficient (Wildman–Crippen LogP) is 13.8. The highest BCUT2D eigenvalue weighted by Crippen LogP contribution is 2.43. The molecule has 0 aliphatic rings. The summed E-state index contributed by atoms with van der Waals surface area (Å²) in [7, 11) is 1.54. The molecule has 0 saturated carbocycles. The summed E-state index contributed by atoms with van der Waals surface area (Å²) in [5.74, 6) is -0.197. The molecule has 0 aliphatic carbocycles. The van der Waals surface area contributed by atoms with Crippen LogP contribution in [0.5, 0.6) is 0 Å². The van der Waals surface area contributed by atoms with Crippen molar-refractivity contribution >= 4 is 13.7 Å². The topological polar surface area (TPSA) is 105 Å². The molecular formula is C50H94N2O6P+. The summed E-state index contributed by atoms with van der Waals surface area (Å²) in [6, 6.07) is -0.869. The summed E-state index contributed by atoms with van der Waals surface area (Å²) < 4.78 is 23.6. The molecule has 0 radical (unpaired) electrons. The molecule has 0 heterocycles. The van der Waals surface area contributed by atoms with Crippen LogP contribution in [-0.4, -0.2) is 73.4 Å². The SMILES string of the molecule is CCCCCCC/C=C\C/C=C\C/C=C\CCCCCCCCCCC(=O)NC(COP(=O)(O)OCC[N+](C)(C)C)C(O)/C=C/CC/C=C/CCCCCCCCCC. The monoisotopic (exact) mass is 850 g/mol. The summed E-state index contributed by atoms with van der Waals surface area (Å²) >= 11 is 0. The van der Waals surface area contributed by atoms with E-state index in [1.165, 1.54) is 122 Å². The number of hydrogen-bond donors (Lipinski definition) is 3. The van der Waals surface area contributed by atoms with E-state index in [0.29, 0.717) is 17.4 Å². The van der Waals surface area contributed by atoms with E-state index in [-0.39, 0.29) is 19.1 Å². The molecule has 8 nitrogen and oxygen atoms in total. The van der Waals surface area contributed by atoms with Crippen molar-refractivity contribution in [2.75, 3.05) is 40.9 Å². The van der Waals surface area contributed by atoms with Crippen LogP contribution in [0.1, 0.15) is 200 Å². The molecule has 0 aromatic rings. The molecule has 0 bridgehead atoms. The quantitative estimate of drug-likeness (QED) is 0.0244. The predicted molar refractivity (Wildman–Crippen MR) is 254 cm³/mol. The molecule has 9 heteroatoms. The van der Waals surface area contributed by atoms with Gasteiger partial charge in [0, 0.05) is 6.42 Å². The van der Waals surface area contributed by atoms with Gasteiger partial charge in [0.15, 0.2) is 0 Å². The fourth-order valence-electron chi connectivity index (χ4n) is 6.59. The van der Waals surface area contributed by atoms with Crippen molar-refractivity contribution in [3.8, 4) is 0 Å². The third-order valence-corrected chi connectivity index (χ3v) is 11.4. The van der Waals surface area contributed by atoms with Crippen LogP contribution in [0.15, 0.2) is 60.8 Å². The lowest BCUT2D eigenvalue weighted by Crippen LogP contribution is -2.45. The Morgan fingerprint density at radius 2 is 0.983 bits per heavy atom. The summed E-state index contributed by atoms with van der Waals surface area (Å²) in [6.07, 6.45) is 54.4. The first kappa shape index (κ1) is 57.2. The second-order valence-electron chi connectivity index (χ2n) is 17.5. The first-order chi connectivity index (χ1) is 28.5. The van der Waals surface area contributed by atoms with E-state index in [4.69, 9.17) is 9.05 Å². The standard InChI is InChI=1S/C50H93N2O6P/c1-6-8-10-12-14-16-18-20-22-23-24-25-26-27-28-29-30-32-34-36-38-40-42-44-50(54)51-48(47-58-59(55,56)57-46-45-52(3,4)5)49(53)43-41-39-37-35-33-31-21-19-17-15-13-11-9-7-2/h18,20,23-24,26-27,33,35,41,43,48-49,53H,6-17,19,21-22,25,28-32,34,36-40,42,44-47H2,1-5H3,(H-,51,54,55,56)/p+1/b20-18-,24-23-,27-26-,35-33+,43-41+. The summed E-state index contributed by atoms with van der Waals surface area (Å²) in [4.78, 5) is 23.2. The maximum Gasteiger partial charge on any atom is 0.472 e. The smallest absolute Gasteiger partial charge is 0.387 e. The average Bonchev–Trinajstić information content (AvgIpc) is 3.19. The second kappa shape index (κ2) is 41.5. The van der Waals surface area contributed by atoms with E-state index in [9.17, 15) is 19.4 Å². The zero-order valence-corrected chi connectivity index (χ0v) is 39.9. The van der Waals surface area contributed by atoms with Gasteiger partial charge in [0.1, 0.15) is 13.2 Å². The van der Waals surface area contributed by atoms with Crippen molar-refractivity contribution in [3.63, 3.8) is 0 Å². The van der Waals surface area contributed by atoms with Crippen LogP contribution >= 0.6 is 7.82 Å². The van der Waals surface area contributed by atoms with E-state index in [1.54, 1.807) is 6.08 Å². The van der Waals surface area contributed by atoms with Crippen LogP contribution in [0, 0.1) is 0 Å². The summed E-state index contributed by atoms with van der Waals surface area (Å²) in [5, 5.41) is 13.8. The molecule has 0 saturated heterocycles. The molecular weight excluding hydrogens is 756 g/mol. The number of likely N-dealkylation sites (N-methyl/N-ethyl adjacent to an activating group) is 1. The van der Waals surface area contributed by atoms with E-state index in [1.807, 2.05) is 27.2 Å². The van der Waals surface area contributed by atoms with Crippen molar-refractivity contribution < 1.29 is 32.9 Å². The van der Waals surface area contributed by atoms with Gasteiger partial charge in [-0.3, -0.25) is 13.8 Å². The average molecular weight is 850 g/mol. The minimum atomic E-state index is -4.35. The molecule has 0 fully saturated rings. The summed E-state index contributed by atoms with van der Waals surface area (Å²) in [6.45, 7) is 4.76. The van der Waals surface area contributed by atoms with Crippen molar-refractivity contribution in [1.82, 2.24) is 5.32 Å². The van der Waals surface area contributed by atoms with Crippen LogP contribution in [0.2, 0.25) is 0 Å². The molecule has 1 amide bonds. The van der Waals surface area contributed by atoms with E-state index in [2.05, 4.69) is 67.8 Å². The highest BCUT2D eigenvalue weighted by Gasteiger charge is 2.27. The normalized spacial score (nSPS) is 14.8. The van der Waals surface area contributed by atoms with Gasteiger partial charge in [-0.2, -0.15) is 0 Å². The van der Waals surface area contributed by atoms with Gasteiger partial charge in [0.25, 0.3) is 0 Å². The Balaban J connectivity index is 4.37. The van der Waals surface area contributed by atoms with Crippen LogP contribution in [0.3, 0.4) is 0 Å². The van der Waals surface area contributed by atoms with Gasteiger partial charge < -0.3 is 19.8 Å². The lowest BCUT2D eigenvalue weighted by atomic mass is 10.1. The number of allylic oxidation sites excluding steroid dienone is 9. The number of carbonyl (C=O) groups excluding carboxylic acids is 1. The molecule has 0 rings (SSSR count). The molecule has 3 atom stereocenters. The van der Waals surface area contributed by atoms with Crippen molar-refractivity contribution in [2.24, 2.45) is 0 Å². The van der Waals surface area contributed by atoms with Crippen molar-refractivity contribution in [1.29, 1.82) is 0 Å². The number of amides is 1. The number of phosphoric acid groups is 1. The van der Waals surface area contributed by atoms with Crippen LogP contribution in [0.25, 0.3) is 0 Å². The molecule has 0 spiro atoms. The molecule has 0 aromatic carbocycles. The van der Waals surface area contributed by atoms with Crippen LogP contribution in [0.4, 0.5) is 0 Å². The largest absolute Gasteiger partial charge is 0.472 e. The van der Waals surface area contributed by atoms with Crippen molar-refractivity contribution in [3.05, 3.63) is 60.8 Å². The maximum absolute atomic E-state index is 12.9. The molecule has 344 valence electrons. The number of rotatable bonds is 43. The molecule has 0 aliphatic heterocycles. The third kappa shape index (κ3) is 44.1. The summed E-state index contributed by atoms with van der Waals surface area (Å²) in [5.41, 5.74) is 0. The van der Waals surface area contributed by atoms with E-state index >= 15 is 0 Å². The first-order valence-electron chi connectivity index (χ1n) is 24.2. The first-order valence-corrected chi connectivity index (χ1v) is 25.7. The molecule has 3 N–H and O–H groups in total. The molecule has 0 aromatic heterocycles. The number of aliphatic hydroxyl groups excluding tert-OH is 1. The molecule has 59 heavy (non-hydrogen) atoms. The Morgan fingerprint density at radius 3 is 1.47 bits per heavy atom. The van der Waals surface area contributed by atoms with Gasteiger partial charge in [0.05, 0.1) is 39.9 Å². The lowest BCUT2D eigenvalue weighted by Gasteiger charge is -2.25. The Morgan fingerprint density at radius 1 is 0.576 bits per heavy atom.